The van der Waals surface area contributed by atoms with Crippen molar-refractivity contribution in [2.24, 2.45) is 0 Å². The van der Waals surface area contributed by atoms with E-state index in [0.717, 1.165) is 27.8 Å². The van der Waals surface area contributed by atoms with Crippen molar-refractivity contribution < 1.29 is 4.79 Å². The lowest BCUT2D eigenvalue weighted by Crippen LogP contribution is -2.27. The number of hydrogen-bond donors (Lipinski definition) is 0. The zero-order chi connectivity index (χ0) is 25.4. The molecule has 1 amide bonds. The Hall–Kier alpha value is -2.62. The van der Waals surface area contributed by atoms with Gasteiger partial charge in [0.2, 0.25) is 0 Å². The molecule has 4 aromatic rings. The molecule has 5 nitrogen and oxygen atoms in total. The van der Waals surface area contributed by atoms with Crippen molar-refractivity contribution in [2.75, 3.05) is 0 Å². The number of thiocarbonyl (C=S) groups is 1. The third-order valence-electron chi connectivity index (χ3n) is 5.51. The van der Waals surface area contributed by atoms with E-state index in [1.807, 2.05) is 43.3 Å². The van der Waals surface area contributed by atoms with Crippen molar-refractivity contribution in [3.05, 3.63) is 109 Å². The lowest BCUT2D eigenvalue weighted by Gasteiger charge is -2.15. The molecule has 2 aromatic carbocycles. The SMILES string of the molecule is Cc1cccn2c(=O)c(/C=C3/SC(=S)N(Cc4ccccc4Cl)C3=O)c(Sc3ccc(Cl)cc3)nc12. The lowest BCUT2D eigenvalue weighted by atomic mass is 10.2. The highest BCUT2D eigenvalue weighted by Gasteiger charge is 2.33. The summed E-state index contributed by atoms with van der Waals surface area (Å²) in [6.45, 7) is 2.15. The second-order valence-electron chi connectivity index (χ2n) is 7.94. The van der Waals surface area contributed by atoms with Gasteiger partial charge >= 0.3 is 0 Å². The number of aryl methyl sites for hydroxylation is 1. The van der Waals surface area contributed by atoms with Crippen molar-refractivity contribution in [1.82, 2.24) is 14.3 Å². The number of amides is 1. The smallest absolute Gasteiger partial charge is 0.266 e. The van der Waals surface area contributed by atoms with Crippen LogP contribution >= 0.6 is 58.9 Å². The van der Waals surface area contributed by atoms with Gasteiger partial charge in [0, 0.05) is 21.1 Å². The highest BCUT2D eigenvalue weighted by molar-refractivity contribution is 8.26. The highest BCUT2D eigenvalue weighted by atomic mass is 35.5. The normalized spacial score (nSPS) is 14.9. The molecule has 3 heterocycles. The summed E-state index contributed by atoms with van der Waals surface area (Å²) in [6.07, 6.45) is 3.27. The molecule has 0 bridgehead atoms. The van der Waals surface area contributed by atoms with E-state index in [4.69, 9.17) is 40.4 Å². The van der Waals surface area contributed by atoms with E-state index in [2.05, 4.69) is 0 Å². The summed E-state index contributed by atoms with van der Waals surface area (Å²) >= 11 is 20.3. The van der Waals surface area contributed by atoms with Crippen LogP contribution in [0, 0.1) is 6.92 Å². The molecule has 0 radical (unpaired) electrons. The molecule has 36 heavy (non-hydrogen) atoms. The van der Waals surface area contributed by atoms with E-state index in [1.54, 1.807) is 36.5 Å². The molecule has 0 unspecified atom stereocenters. The molecule has 180 valence electrons. The Labute approximate surface area is 231 Å². The number of carbonyl (C=O) groups is 1. The fraction of sp³-hybridized carbons (Fsp3) is 0.0769. The number of aromatic nitrogens is 2. The van der Waals surface area contributed by atoms with Gasteiger partial charge in [-0.15, -0.1) is 0 Å². The van der Waals surface area contributed by atoms with Gasteiger partial charge in [-0.05, 0) is 60.5 Å². The van der Waals surface area contributed by atoms with Crippen LogP contribution in [0.2, 0.25) is 10.0 Å². The van der Waals surface area contributed by atoms with Gasteiger partial charge in [-0.2, -0.15) is 0 Å². The van der Waals surface area contributed by atoms with Gasteiger partial charge in [0.1, 0.15) is 15.0 Å². The van der Waals surface area contributed by atoms with Crippen LogP contribution in [0.15, 0.2) is 86.5 Å². The lowest BCUT2D eigenvalue weighted by molar-refractivity contribution is -0.122. The zero-order valence-electron chi connectivity index (χ0n) is 18.8. The number of hydrogen-bond acceptors (Lipinski definition) is 6. The molecule has 5 rings (SSSR count). The van der Waals surface area contributed by atoms with Crippen LogP contribution in [0.3, 0.4) is 0 Å². The van der Waals surface area contributed by atoms with Gasteiger partial charge in [-0.25, -0.2) is 4.98 Å². The van der Waals surface area contributed by atoms with Gasteiger partial charge in [0.15, 0.2) is 0 Å². The predicted octanol–water partition coefficient (Wildman–Crippen LogP) is 6.86. The van der Waals surface area contributed by atoms with Gasteiger partial charge in [0.05, 0.1) is 17.0 Å². The molecule has 0 aliphatic carbocycles. The largest absolute Gasteiger partial charge is 0.288 e. The number of nitrogens with zero attached hydrogens (tertiary/aromatic N) is 3. The van der Waals surface area contributed by atoms with E-state index in [-0.39, 0.29) is 18.0 Å². The molecular weight excluding hydrogens is 553 g/mol. The highest BCUT2D eigenvalue weighted by Crippen LogP contribution is 2.36. The number of halogens is 2. The molecular formula is C26H17Cl2N3O2S3. The van der Waals surface area contributed by atoms with Crippen molar-refractivity contribution in [3.8, 4) is 0 Å². The number of carbonyl (C=O) groups excluding carboxylic acids is 1. The van der Waals surface area contributed by atoms with Crippen LogP contribution in [-0.4, -0.2) is 24.5 Å². The summed E-state index contributed by atoms with van der Waals surface area (Å²) in [4.78, 5) is 34.4. The van der Waals surface area contributed by atoms with Gasteiger partial charge in [-0.3, -0.25) is 18.9 Å². The van der Waals surface area contributed by atoms with Crippen LogP contribution in [0.4, 0.5) is 0 Å². The average molecular weight is 571 g/mol. The Balaban J connectivity index is 1.58. The molecule has 0 atom stereocenters. The molecule has 1 aliphatic rings. The molecule has 0 N–H and O–H groups in total. The van der Waals surface area contributed by atoms with Crippen molar-refractivity contribution in [1.29, 1.82) is 0 Å². The van der Waals surface area contributed by atoms with Crippen LogP contribution in [-0.2, 0) is 11.3 Å². The standard InChI is InChI=1S/C26H17Cl2N3O2S3/c1-15-5-4-12-30-22(15)29-23(35-18-10-8-17(27)9-11-18)19(24(30)32)13-21-25(33)31(26(34)36-21)14-16-6-2-3-7-20(16)28/h2-13H,14H2,1H3/b21-13+. The fourth-order valence-electron chi connectivity index (χ4n) is 3.67. The minimum Gasteiger partial charge on any atom is -0.288 e. The number of fused-ring (bicyclic) bond motifs is 1. The summed E-state index contributed by atoms with van der Waals surface area (Å²) in [5.41, 5.74) is 2.26. The number of rotatable bonds is 5. The maximum Gasteiger partial charge on any atom is 0.266 e. The number of pyridine rings is 1. The van der Waals surface area contributed by atoms with Crippen LogP contribution < -0.4 is 5.56 Å². The second-order valence-corrected chi connectivity index (χ2v) is 11.5. The predicted molar refractivity (Wildman–Crippen MR) is 152 cm³/mol. The van der Waals surface area contributed by atoms with Crippen LogP contribution in [0.25, 0.3) is 11.7 Å². The third kappa shape index (κ3) is 4.96. The summed E-state index contributed by atoms with van der Waals surface area (Å²) in [7, 11) is 0. The Bertz CT molecular complexity index is 1620. The van der Waals surface area contributed by atoms with Crippen molar-refractivity contribution in [3.63, 3.8) is 0 Å². The molecule has 1 fully saturated rings. The van der Waals surface area contributed by atoms with Gasteiger partial charge < -0.3 is 0 Å². The topological polar surface area (TPSA) is 54.7 Å². The zero-order valence-corrected chi connectivity index (χ0v) is 22.7. The molecule has 1 saturated heterocycles. The quantitative estimate of drug-likeness (QED) is 0.148. The van der Waals surface area contributed by atoms with E-state index in [9.17, 15) is 9.59 Å². The Morgan fingerprint density at radius 2 is 1.81 bits per heavy atom. The Morgan fingerprint density at radius 3 is 2.56 bits per heavy atom. The summed E-state index contributed by atoms with van der Waals surface area (Å²) < 4.78 is 1.90. The van der Waals surface area contributed by atoms with E-state index < -0.39 is 0 Å². The first-order valence-corrected chi connectivity index (χ1v) is 13.6. The first-order valence-electron chi connectivity index (χ1n) is 10.8. The first kappa shape index (κ1) is 25.0. The average Bonchev–Trinajstić information content (AvgIpc) is 3.12. The maximum atomic E-state index is 13.6. The molecule has 1 aliphatic heterocycles. The van der Waals surface area contributed by atoms with E-state index in [0.29, 0.717) is 35.5 Å². The summed E-state index contributed by atoms with van der Waals surface area (Å²) in [6, 6.07) is 18.3. The fourth-order valence-corrected chi connectivity index (χ4v) is 6.11. The van der Waals surface area contributed by atoms with Crippen molar-refractivity contribution in [2.45, 2.75) is 23.4 Å². The Morgan fingerprint density at radius 1 is 1.06 bits per heavy atom. The van der Waals surface area contributed by atoms with Crippen molar-refractivity contribution >= 4 is 80.9 Å². The summed E-state index contributed by atoms with van der Waals surface area (Å²) in [5, 5.41) is 1.67. The molecule has 0 spiro atoms. The van der Waals surface area contributed by atoms with Crippen LogP contribution in [0.5, 0.6) is 0 Å². The molecule has 2 aromatic heterocycles. The minimum absolute atomic E-state index is 0.252. The molecule has 10 heteroatoms. The van der Waals surface area contributed by atoms with E-state index >= 15 is 0 Å². The van der Waals surface area contributed by atoms with Crippen LogP contribution in [0.1, 0.15) is 16.7 Å². The maximum absolute atomic E-state index is 13.6. The summed E-state index contributed by atoms with van der Waals surface area (Å²) in [5.74, 6) is -0.277. The molecule has 0 saturated carbocycles. The second kappa shape index (κ2) is 10.4. The minimum atomic E-state index is -0.277. The third-order valence-corrected chi connectivity index (χ3v) is 8.52. The monoisotopic (exact) mass is 569 g/mol. The van der Waals surface area contributed by atoms with Gasteiger partial charge in [-0.1, -0.05) is 83.2 Å². The Kier molecular flexibility index (Phi) is 7.23. The number of benzene rings is 2. The first-order chi connectivity index (χ1) is 17.3. The van der Waals surface area contributed by atoms with E-state index in [1.165, 1.54) is 21.1 Å². The number of thioether (sulfide) groups is 1. The van der Waals surface area contributed by atoms with Gasteiger partial charge in [0.25, 0.3) is 11.5 Å².